The predicted octanol–water partition coefficient (Wildman–Crippen LogP) is 3.27. The van der Waals surface area contributed by atoms with Gasteiger partial charge in [0.05, 0.1) is 11.7 Å². The van der Waals surface area contributed by atoms with Gasteiger partial charge in [-0.15, -0.1) is 0 Å². The number of piperidine rings is 1. The van der Waals surface area contributed by atoms with E-state index in [4.69, 9.17) is 4.74 Å². The molecule has 1 aliphatic rings. The van der Waals surface area contributed by atoms with E-state index in [1.807, 2.05) is 0 Å². The van der Waals surface area contributed by atoms with Gasteiger partial charge in [0.1, 0.15) is 5.75 Å². The van der Waals surface area contributed by atoms with Crippen molar-refractivity contribution in [2.75, 3.05) is 20.2 Å². The first-order valence-electron chi connectivity index (χ1n) is 6.95. The molecule has 0 spiro atoms. The summed E-state index contributed by atoms with van der Waals surface area (Å²) in [6, 6.07) is 3.66. The molecule has 21 heavy (non-hydrogen) atoms. The van der Waals surface area contributed by atoms with E-state index in [1.54, 1.807) is 7.11 Å². The molecule has 2 unspecified atom stereocenters. The highest BCUT2D eigenvalue weighted by Gasteiger charge is 2.34. The van der Waals surface area contributed by atoms with Crippen LogP contribution in [0.1, 0.15) is 24.5 Å². The Morgan fingerprint density at radius 3 is 2.71 bits per heavy atom. The second-order valence-corrected chi connectivity index (χ2v) is 5.62. The van der Waals surface area contributed by atoms with E-state index in [9.17, 15) is 18.3 Å². The maximum absolute atomic E-state index is 12.8. The van der Waals surface area contributed by atoms with Crippen LogP contribution in [0, 0.1) is 5.92 Å². The van der Waals surface area contributed by atoms with Crippen LogP contribution in [0.15, 0.2) is 18.2 Å². The maximum Gasteiger partial charge on any atom is 0.419 e. The van der Waals surface area contributed by atoms with Crippen molar-refractivity contribution < 1.29 is 23.0 Å². The van der Waals surface area contributed by atoms with Crippen LogP contribution in [0.3, 0.4) is 0 Å². The number of aromatic hydroxyl groups is 1. The second-order valence-electron chi connectivity index (χ2n) is 5.62. The molecule has 1 saturated heterocycles. The van der Waals surface area contributed by atoms with Gasteiger partial charge in [-0.25, -0.2) is 0 Å². The van der Waals surface area contributed by atoms with Crippen molar-refractivity contribution >= 4 is 0 Å². The van der Waals surface area contributed by atoms with Gasteiger partial charge in [-0.1, -0.05) is 13.0 Å². The van der Waals surface area contributed by atoms with E-state index in [-0.39, 0.29) is 6.10 Å². The lowest BCUT2D eigenvalue weighted by Gasteiger charge is -2.36. The zero-order chi connectivity index (χ0) is 15.6. The highest BCUT2D eigenvalue weighted by molar-refractivity contribution is 5.38. The number of hydrogen-bond acceptors (Lipinski definition) is 3. The lowest BCUT2D eigenvalue weighted by atomic mass is 9.95. The number of nitrogens with zero attached hydrogens (tertiary/aromatic N) is 1. The van der Waals surface area contributed by atoms with Crippen molar-refractivity contribution in [3.8, 4) is 5.75 Å². The molecule has 0 aliphatic carbocycles. The van der Waals surface area contributed by atoms with Gasteiger partial charge >= 0.3 is 6.18 Å². The van der Waals surface area contributed by atoms with Crippen LogP contribution in [0.5, 0.6) is 5.75 Å². The molecular formula is C15H20F3NO2. The number of likely N-dealkylation sites (tertiary alicyclic amines) is 1. The average Bonchev–Trinajstić information content (AvgIpc) is 2.42. The first-order chi connectivity index (χ1) is 9.81. The van der Waals surface area contributed by atoms with E-state index >= 15 is 0 Å². The van der Waals surface area contributed by atoms with Gasteiger partial charge < -0.3 is 9.84 Å². The lowest BCUT2D eigenvalue weighted by molar-refractivity contribution is -0.138. The lowest BCUT2D eigenvalue weighted by Crippen LogP contribution is -2.43. The zero-order valence-electron chi connectivity index (χ0n) is 12.2. The summed E-state index contributed by atoms with van der Waals surface area (Å²) in [5.41, 5.74) is -0.432. The number of alkyl halides is 3. The fraction of sp³-hybridized carbons (Fsp3) is 0.600. The smallest absolute Gasteiger partial charge is 0.419 e. The fourth-order valence-electron chi connectivity index (χ4n) is 2.72. The molecule has 2 rings (SSSR count). The first-order valence-corrected chi connectivity index (χ1v) is 6.95. The molecule has 2 atom stereocenters. The summed E-state index contributed by atoms with van der Waals surface area (Å²) in [6.45, 7) is 4.09. The van der Waals surface area contributed by atoms with Crippen molar-refractivity contribution in [1.82, 2.24) is 4.90 Å². The first kappa shape index (κ1) is 16.1. The third-order valence-corrected chi connectivity index (χ3v) is 4.05. The molecule has 118 valence electrons. The Balaban J connectivity index is 2.10. The molecule has 1 aliphatic heterocycles. The number of methoxy groups -OCH3 is 1. The normalized spacial score (nSPS) is 24.2. The molecule has 1 N–H and O–H groups in total. The number of hydrogen-bond donors (Lipinski definition) is 1. The Morgan fingerprint density at radius 1 is 1.38 bits per heavy atom. The molecule has 1 aromatic rings. The molecular weight excluding hydrogens is 283 g/mol. The number of ether oxygens (including phenoxy) is 1. The van der Waals surface area contributed by atoms with Crippen molar-refractivity contribution in [3.63, 3.8) is 0 Å². The molecule has 0 amide bonds. The number of halogens is 3. The van der Waals surface area contributed by atoms with Gasteiger partial charge in [-0.05, 0) is 36.6 Å². The summed E-state index contributed by atoms with van der Waals surface area (Å²) < 4.78 is 43.8. The highest BCUT2D eigenvalue weighted by Crippen LogP contribution is 2.36. The van der Waals surface area contributed by atoms with Crippen LogP contribution in [0.4, 0.5) is 13.2 Å². The standard InChI is InChI=1S/C15H20F3NO2/c1-10-5-6-19(9-14(10)21-2)8-11-3-4-13(20)12(7-11)15(16,17)18/h3-4,7,10,14,20H,5-6,8-9H2,1-2H3. The molecule has 0 bridgehead atoms. The Morgan fingerprint density at radius 2 is 2.10 bits per heavy atom. The Labute approximate surface area is 122 Å². The average molecular weight is 303 g/mol. The van der Waals surface area contributed by atoms with Crippen LogP contribution < -0.4 is 0 Å². The topological polar surface area (TPSA) is 32.7 Å². The highest BCUT2D eigenvalue weighted by atomic mass is 19.4. The van der Waals surface area contributed by atoms with Crippen LogP contribution in [-0.4, -0.2) is 36.3 Å². The quantitative estimate of drug-likeness (QED) is 0.930. The van der Waals surface area contributed by atoms with Crippen molar-refractivity contribution in [2.45, 2.75) is 32.2 Å². The van der Waals surface area contributed by atoms with Gasteiger partial charge in [0.2, 0.25) is 0 Å². The molecule has 6 heteroatoms. The Bertz CT molecular complexity index is 490. The molecule has 1 fully saturated rings. The molecule has 1 aromatic carbocycles. The summed E-state index contributed by atoms with van der Waals surface area (Å²) in [4.78, 5) is 2.08. The number of benzene rings is 1. The minimum atomic E-state index is -4.54. The molecule has 0 saturated carbocycles. The minimum absolute atomic E-state index is 0.109. The van der Waals surface area contributed by atoms with Gasteiger partial charge in [0, 0.05) is 20.2 Å². The zero-order valence-corrected chi connectivity index (χ0v) is 12.2. The van der Waals surface area contributed by atoms with Crippen molar-refractivity contribution in [1.29, 1.82) is 0 Å². The third kappa shape index (κ3) is 3.89. The summed E-state index contributed by atoms with van der Waals surface area (Å²) in [5, 5.41) is 9.34. The third-order valence-electron chi connectivity index (χ3n) is 4.05. The van der Waals surface area contributed by atoms with E-state index in [2.05, 4.69) is 11.8 Å². The van der Waals surface area contributed by atoms with Crippen LogP contribution in [0.2, 0.25) is 0 Å². The fourth-order valence-corrected chi connectivity index (χ4v) is 2.72. The molecule has 3 nitrogen and oxygen atoms in total. The van der Waals surface area contributed by atoms with Crippen LogP contribution in [0.25, 0.3) is 0 Å². The maximum atomic E-state index is 12.8. The number of phenols is 1. The van der Waals surface area contributed by atoms with Crippen molar-refractivity contribution in [3.05, 3.63) is 29.3 Å². The van der Waals surface area contributed by atoms with E-state index in [0.717, 1.165) is 25.1 Å². The Kier molecular flexibility index (Phi) is 4.78. The summed E-state index contributed by atoms with van der Waals surface area (Å²) >= 11 is 0. The van der Waals surface area contributed by atoms with E-state index in [0.29, 0.717) is 24.6 Å². The predicted molar refractivity (Wildman–Crippen MR) is 73.0 cm³/mol. The van der Waals surface area contributed by atoms with Gasteiger partial charge in [0.15, 0.2) is 0 Å². The van der Waals surface area contributed by atoms with Crippen molar-refractivity contribution in [2.24, 2.45) is 5.92 Å². The van der Waals surface area contributed by atoms with E-state index in [1.165, 1.54) is 6.07 Å². The largest absolute Gasteiger partial charge is 0.507 e. The van der Waals surface area contributed by atoms with Gasteiger partial charge in [-0.3, -0.25) is 4.90 Å². The van der Waals surface area contributed by atoms with Gasteiger partial charge in [-0.2, -0.15) is 13.2 Å². The number of rotatable bonds is 3. The molecule has 1 heterocycles. The van der Waals surface area contributed by atoms with Gasteiger partial charge in [0.25, 0.3) is 0 Å². The van der Waals surface area contributed by atoms with Crippen LogP contribution in [-0.2, 0) is 17.5 Å². The van der Waals surface area contributed by atoms with E-state index < -0.39 is 17.5 Å². The summed E-state index contributed by atoms with van der Waals surface area (Å²) in [6.07, 6.45) is -3.47. The molecule has 0 aromatic heterocycles. The van der Waals surface area contributed by atoms with Crippen LogP contribution >= 0.6 is 0 Å². The monoisotopic (exact) mass is 303 g/mol. The second kappa shape index (κ2) is 6.23. The minimum Gasteiger partial charge on any atom is -0.507 e. The molecule has 0 radical (unpaired) electrons. The summed E-state index contributed by atoms with van der Waals surface area (Å²) in [7, 11) is 1.66. The Hall–Kier alpha value is -1.27. The number of phenolic OH excluding ortho intramolecular Hbond substituents is 1. The SMILES string of the molecule is COC1CN(Cc2ccc(O)c(C(F)(F)F)c2)CCC1C. The summed E-state index contributed by atoms with van der Waals surface area (Å²) in [5.74, 6) is -0.273.